The highest BCUT2D eigenvalue weighted by atomic mass is 32.1. The van der Waals surface area contributed by atoms with E-state index in [1.54, 1.807) is 0 Å². The van der Waals surface area contributed by atoms with Crippen molar-refractivity contribution < 1.29 is 36.7 Å². The molecular formula is C21H18F4N4O2S. The van der Waals surface area contributed by atoms with Gasteiger partial charge in [-0.15, -0.1) is 12.6 Å². The van der Waals surface area contributed by atoms with Gasteiger partial charge in [-0.05, 0) is 44.1 Å². The second-order valence-electron chi connectivity index (χ2n) is 7.15. The molecule has 0 saturated carbocycles. The number of carbonyl (C=O) groups excluding carboxylic acids is 2. The number of halogens is 4. The minimum Gasteiger partial charge on any atom is -0.355 e. The molecule has 1 aliphatic rings. The predicted octanol–water partition coefficient (Wildman–Crippen LogP) is 3.53. The summed E-state index contributed by atoms with van der Waals surface area (Å²) in [5.41, 5.74) is -7.35. The van der Waals surface area contributed by atoms with E-state index in [9.17, 15) is 28.0 Å². The maximum atomic E-state index is 15.3. The van der Waals surface area contributed by atoms with E-state index >= 15 is 4.39 Å². The molecule has 2 aromatic carbocycles. The second kappa shape index (κ2) is 7.70. The van der Waals surface area contributed by atoms with Gasteiger partial charge in [0.1, 0.15) is 11.4 Å². The van der Waals surface area contributed by atoms with Crippen molar-refractivity contribution in [2.24, 2.45) is 0 Å². The van der Waals surface area contributed by atoms with Gasteiger partial charge >= 0.3 is 6.18 Å². The minimum atomic E-state index is -5.25. The minimum absolute atomic E-state index is 0.510. The van der Waals surface area contributed by atoms with E-state index in [1.165, 1.54) is 25.2 Å². The topological polar surface area (TPSA) is 85.2 Å². The third-order valence-electron chi connectivity index (χ3n) is 4.76. The average molecular weight is 474 g/mol. The first-order chi connectivity index (χ1) is 17.6. The third kappa shape index (κ3) is 3.64. The Labute approximate surface area is 196 Å². The number of rotatable bonds is 3. The molecule has 2 amide bonds. The molecule has 1 fully saturated rings. The van der Waals surface area contributed by atoms with Crippen LogP contribution in [-0.4, -0.2) is 24.3 Å². The van der Waals surface area contributed by atoms with Crippen LogP contribution >= 0.6 is 12.6 Å². The van der Waals surface area contributed by atoms with E-state index in [-0.39, 0.29) is 0 Å². The van der Waals surface area contributed by atoms with Crippen molar-refractivity contribution in [2.75, 3.05) is 11.9 Å². The lowest BCUT2D eigenvalue weighted by Gasteiger charge is -2.41. The standard InChI is InChI=1S/C21H18F4N4O2S/c1-19(2)18(31)28-21(32,12-5-4-11(10-26)15(8-12)20(23,24)25)29(19)13-6-7-14(16(22)9-13)17(30)27-3/h4-9,32H,1-3H3,(H,27,30)(H,28,31)/i3D3,5D,6D,8D,9D. The van der Waals surface area contributed by atoms with Crippen molar-refractivity contribution >= 4 is 30.1 Å². The summed E-state index contributed by atoms with van der Waals surface area (Å²) < 4.78 is 111. The fourth-order valence-electron chi connectivity index (χ4n) is 3.20. The van der Waals surface area contributed by atoms with E-state index in [1.807, 2.05) is 0 Å². The van der Waals surface area contributed by atoms with Gasteiger partial charge in [-0.25, -0.2) is 4.39 Å². The third-order valence-corrected chi connectivity index (χ3v) is 5.29. The first-order valence-corrected chi connectivity index (χ1v) is 9.13. The van der Waals surface area contributed by atoms with Gasteiger partial charge in [-0.3, -0.25) is 9.59 Å². The van der Waals surface area contributed by atoms with Crippen LogP contribution in [-0.2, 0) is 16.0 Å². The monoisotopic (exact) mass is 473 g/mol. The van der Waals surface area contributed by atoms with Gasteiger partial charge in [0.05, 0.1) is 28.2 Å². The lowest BCUT2D eigenvalue weighted by atomic mass is 9.99. The molecule has 0 radical (unpaired) electrons. The lowest BCUT2D eigenvalue weighted by molar-refractivity contribution is -0.137. The molecule has 11 heteroatoms. The molecule has 0 aromatic heterocycles. The van der Waals surface area contributed by atoms with Crippen molar-refractivity contribution in [1.82, 2.24) is 10.6 Å². The summed E-state index contributed by atoms with van der Waals surface area (Å²) in [6, 6.07) is -1.96. The molecule has 2 N–H and O–H groups in total. The quantitative estimate of drug-likeness (QED) is 0.470. The molecule has 2 aromatic rings. The van der Waals surface area contributed by atoms with Crippen molar-refractivity contribution in [3.63, 3.8) is 0 Å². The smallest absolute Gasteiger partial charge is 0.355 e. The Balaban J connectivity index is 2.38. The van der Waals surface area contributed by atoms with Gasteiger partial charge in [0.15, 0.2) is 4.99 Å². The van der Waals surface area contributed by atoms with Crippen LogP contribution in [0.25, 0.3) is 0 Å². The van der Waals surface area contributed by atoms with Crippen LogP contribution in [0.3, 0.4) is 0 Å². The molecule has 32 heavy (non-hydrogen) atoms. The number of nitriles is 1. The van der Waals surface area contributed by atoms with Crippen molar-refractivity contribution in [3.8, 4) is 6.07 Å². The lowest BCUT2D eigenvalue weighted by Crippen LogP contribution is -2.50. The van der Waals surface area contributed by atoms with Crippen molar-refractivity contribution in [1.29, 1.82) is 5.26 Å². The Morgan fingerprint density at radius 3 is 2.62 bits per heavy atom. The van der Waals surface area contributed by atoms with Gasteiger partial charge in [0, 0.05) is 22.3 Å². The number of nitrogens with zero attached hydrogens (tertiary/aromatic N) is 2. The van der Waals surface area contributed by atoms with Crippen LogP contribution in [0.5, 0.6) is 0 Å². The molecule has 1 unspecified atom stereocenters. The molecule has 0 aliphatic carbocycles. The second-order valence-corrected chi connectivity index (χ2v) is 7.80. The number of nitrogens with one attached hydrogen (secondary N) is 2. The molecule has 1 aliphatic heterocycles. The van der Waals surface area contributed by atoms with Crippen LogP contribution in [0.2, 0.25) is 0 Å². The van der Waals surface area contributed by atoms with Crippen LogP contribution in [0.15, 0.2) is 36.3 Å². The molecule has 0 spiro atoms. The highest BCUT2D eigenvalue weighted by molar-refractivity contribution is 7.81. The fourth-order valence-corrected chi connectivity index (χ4v) is 3.77. The number of alkyl halides is 3. The highest BCUT2D eigenvalue weighted by Gasteiger charge is 2.55. The molecule has 1 heterocycles. The Morgan fingerprint density at radius 2 is 2.03 bits per heavy atom. The zero-order valence-corrected chi connectivity index (χ0v) is 17.2. The van der Waals surface area contributed by atoms with E-state index in [4.69, 9.17) is 9.60 Å². The van der Waals surface area contributed by atoms with E-state index in [0.717, 1.165) is 4.90 Å². The molecular weight excluding hydrogens is 448 g/mol. The van der Waals surface area contributed by atoms with Crippen LogP contribution in [0, 0.1) is 17.1 Å². The van der Waals surface area contributed by atoms with Gasteiger partial charge in [-0.1, -0.05) is 6.04 Å². The fraction of sp³-hybridized carbons (Fsp3) is 0.286. The predicted molar refractivity (Wildman–Crippen MR) is 111 cm³/mol. The molecule has 1 saturated heterocycles. The van der Waals surface area contributed by atoms with E-state index in [0.29, 0.717) is 12.1 Å². The first kappa shape index (κ1) is 15.5. The molecule has 3 rings (SSSR count). The number of carbonyl (C=O) groups is 2. The zero-order chi connectivity index (χ0) is 30.0. The Hall–Kier alpha value is -3.26. The van der Waals surface area contributed by atoms with E-state index < -0.39 is 93.4 Å². The van der Waals surface area contributed by atoms with Gasteiger partial charge in [0.25, 0.3) is 5.91 Å². The normalized spacial score (nSPS) is 23.5. The summed E-state index contributed by atoms with van der Waals surface area (Å²) in [6.45, 7) is -0.664. The van der Waals surface area contributed by atoms with Crippen molar-refractivity contribution in [3.05, 3.63) is 64.4 Å². The first-order valence-electron chi connectivity index (χ1n) is 12.2. The number of benzene rings is 2. The largest absolute Gasteiger partial charge is 0.417 e. The van der Waals surface area contributed by atoms with Gasteiger partial charge < -0.3 is 15.5 Å². The average Bonchev–Trinajstić information content (AvgIpc) is 2.93. The van der Waals surface area contributed by atoms with E-state index in [2.05, 4.69) is 17.9 Å². The van der Waals surface area contributed by atoms with Gasteiger partial charge in [0.2, 0.25) is 5.91 Å². The number of thiol groups is 1. The van der Waals surface area contributed by atoms with Crippen LogP contribution in [0.1, 0.15) is 50.5 Å². The van der Waals surface area contributed by atoms with Gasteiger partial charge in [-0.2, -0.15) is 18.4 Å². The summed E-state index contributed by atoms with van der Waals surface area (Å²) in [5, 5.41) is 12.9. The van der Waals surface area contributed by atoms with Crippen molar-refractivity contribution in [2.45, 2.75) is 30.6 Å². The summed E-state index contributed by atoms with van der Waals surface area (Å²) in [4.78, 5) is 23.4. The molecule has 1 atom stereocenters. The maximum Gasteiger partial charge on any atom is 0.417 e. The summed E-state index contributed by atoms with van der Waals surface area (Å²) >= 11 is 4.31. The zero-order valence-electron chi connectivity index (χ0n) is 23.3. The number of hydrogen-bond donors (Lipinski definition) is 3. The molecule has 6 nitrogen and oxygen atoms in total. The number of anilines is 1. The Bertz CT molecular complexity index is 1460. The number of hydrogen-bond acceptors (Lipinski definition) is 5. The Kier molecular flexibility index (Phi) is 3.74. The molecule has 0 bridgehead atoms. The summed E-state index contributed by atoms with van der Waals surface area (Å²) in [5.74, 6) is -4.07. The summed E-state index contributed by atoms with van der Waals surface area (Å²) in [6.07, 6.45) is -5.25. The molecule has 168 valence electrons. The summed E-state index contributed by atoms with van der Waals surface area (Å²) in [7, 11) is 0. The highest BCUT2D eigenvalue weighted by Crippen LogP contribution is 2.46. The van der Waals surface area contributed by atoms with Crippen LogP contribution < -0.4 is 15.5 Å². The maximum absolute atomic E-state index is 15.3. The van der Waals surface area contributed by atoms with Crippen LogP contribution in [0.4, 0.5) is 23.2 Å². The number of amides is 2. The Morgan fingerprint density at radius 1 is 1.34 bits per heavy atom. The SMILES string of the molecule is [2H]c1cc(C(=O)NC([2H])([2H])[2H])c(F)c([2H])c1N1C(C)(C)C(=O)NC1(S)c1c([2H])cc(C#N)c(C(F)(F)F)c1[2H].